The van der Waals surface area contributed by atoms with E-state index in [9.17, 15) is 9.59 Å². The van der Waals surface area contributed by atoms with Crippen LogP contribution in [0.3, 0.4) is 0 Å². The number of ether oxygens (including phenoxy) is 1. The summed E-state index contributed by atoms with van der Waals surface area (Å²) in [6, 6.07) is 3.02. The summed E-state index contributed by atoms with van der Waals surface area (Å²) >= 11 is 1.00. The number of likely N-dealkylation sites (N-methyl/N-ethyl adjacent to an activating group) is 1. The molecule has 6 heteroatoms. The van der Waals surface area contributed by atoms with Crippen LogP contribution in [0.2, 0.25) is 0 Å². The van der Waals surface area contributed by atoms with Crippen LogP contribution in [0, 0.1) is 0 Å². The van der Waals surface area contributed by atoms with Gasteiger partial charge in [0, 0.05) is 20.2 Å². The van der Waals surface area contributed by atoms with Crippen molar-refractivity contribution in [3.05, 3.63) is 21.9 Å². The molecule has 1 aromatic rings. The Bertz CT molecular complexity index is 451. The third kappa shape index (κ3) is 2.88. The fourth-order valence-electron chi connectivity index (χ4n) is 1.93. The summed E-state index contributed by atoms with van der Waals surface area (Å²) in [5.41, 5.74) is 0. The minimum absolute atomic E-state index is 0.109. The van der Waals surface area contributed by atoms with Gasteiger partial charge >= 0.3 is 5.97 Å². The van der Waals surface area contributed by atoms with E-state index in [1.54, 1.807) is 18.0 Å². The van der Waals surface area contributed by atoms with Gasteiger partial charge in [0.25, 0.3) is 5.91 Å². The van der Waals surface area contributed by atoms with Gasteiger partial charge in [0.05, 0.1) is 11.0 Å². The first-order chi connectivity index (χ1) is 8.58. The number of thiophene rings is 1. The van der Waals surface area contributed by atoms with Crippen molar-refractivity contribution in [1.29, 1.82) is 0 Å². The number of aromatic carboxylic acids is 1. The summed E-state index contributed by atoms with van der Waals surface area (Å²) in [6.45, 7) is 1.31. The lowest BCUT2D eigenvalue weighted by atomic mass is 10.2. The molecule has 1 fully saturated rings. The van der Waals surface area contributed by atoms with Crippen LogP contribution >= 0.6 is 11.3 Å². The van der Waals surface area contributed by atoms with Crippen LogP contribution in [0.25, 0.3) is 0 Å². The molecule has 0 radical (unpaired) electrons. The zero-order valence-electron chi connectivity index (χ0n) is 10.1. The molecule has 0 bridgehead atoms. The van der Waals surface area contributed by atoms with Gasteiger partial charge in [-0.3, -0.25) is 4.79 Å². The topological polar surface area (TPSA) is 66.8 Å². The molecule has 1 aromatic heterocycles. The van der Waals surface area contributed by atoms with E-state index in [0.29, 0.717) is 11.4 Å². The monoisotopic (exact) mass is 269 g/mol. The normalized spacial score (nSPS) is 18.8. The van der Waals surface area contributed by atoms with Crippen LogP contribution in [-0.2, 0) is 4.74 Å². The number of hydrogen-bond acceptors (Lipinski definition) is 4. The Morgan fingerprint density at radius 2 is 2.22 bits per heavy atom. The van der Waals surface area contributed by atoms with E-state index in [-0.39, 0.29) is 16.9 Å². The highest BCUT2D eigenvalue weighted by Gasteiger charge is 2.22. The number of carbonyl (C=O) groups excluding carboxylic acids is 1. The molecule has 1 N–H and O–H groups in total. The minimum Gasteiger partial charge on any atom is -0.477 e. The average Bonchev–Trinajstić information content (AvgIpc) is 2.98. The molecule has 0 saturated carbocycles. The van der Waals surface area contributed by atoms with Gasteiger partial charge in [-0.15, -0.1) is 11.3 Å². The van der Waals surface area contributed by atoms with Crippen LogP contribution in [0.1, 0.15) is 32.2 Å². The molecular weight excluding hydrogens is 254 g/mol. The van der Waals surface area contributed by atoms with Crippen LogP contribution in [-0.4, -0.2) is 48.2 Å². The summed E-state index contributed by atoms with van der Waals surface area (Å²) in [5, 5.41) is 8.81. The Morgan fingerprint density at radius 3 is 2.78 bits per heavy atom. The van der Waals surface area contributed by atoms with Crippen molar-refractivity contribution in [2.45, 2.75) is 18.9 Å². The molecule has 98 valence electrons. The Kier molecular flexibility index (Phi) is 3.98. The van der Waals surface area contributed by atoms with Crippen molar-refractivity contribution in [2.24, 2.45) is 0 Å². The fraction of sp³-hybridized carbons (Fsp3) is 0.500. The number of hydrogen-bond donors (Lipinski definition) is 1. The Labute approximate surface area is 109 Å². The van der Waals surface area contributed by atoms with Gasteiger partial charge in [-0.1, -0.05) is 0 Å². The molecule has 0 unspecified atom stereocenters. The molecule has 0 aromatic carbocycles. The molecule has 2 rings (SSSR count). The smallest absolute Gasteiger partial charge is 0.345 e. The largest absolute Gasteiger partial charge is 0.477 e. The quantitative estimate of drug-likeness (QED) is 0.903. The van der Waals surface area contributed by atoms with E-state index in [2.05, 4.69) is 0 Å². The van der Waals surface area contributed by atoms with Crippen molar-refractivity contribution < 1.29 is 19.4 Å². The first-order valence-electron chi connectivity index (χ1n) is 5.78. The Balaban J connectivity index is 1.98. The fourth-order valence-corrected chi connectivity index (χ4v) is 2.77. The molecule has 1 saturated heterocycles. The third-order valence-electron chi connectivity index (χ3n) is 2.88. The zero-order valence-corrected chi connectivity index (χ0v) is 10.9. The van der Waals surface area contributed by atoms with Gasteiger partial charge in [-0.05, 0) is 25.0 Å². The maximum atomic E-state index is 12.1. The lowest BCUT2D eigenvalue weighted by Gasteiger charge is -2.20. The van der Waals surface area contributed by atoms with Crippen LogP contribution < -0.4 is 0 Å². The molecule has 0 spiro atoms. The summed E-state index contributed by atoms with van der Waals surface area (Å²) in [6.07, 6.45) is 2.12. The molecule has 5 nitrogen and oxygen atoms in total. The highest BCUT2D eigenvalue weighted by molar-refractivity contribution is 7.15. The van der Waals surface area contributed by atoms with E-state index in [0.717, 1.165) is 30.8 Å². The second-order valence-corrected chi connectivity index (χ2v) is 5.37. The predicted octanol–water partition coefficient (Wildman–Crippen LogP) is 1.70. The number of carbonyl (C=O) groups is 2. The first-order valence-corrected chi connectivity index (χ1v) is 6.60. The van der Waals surface area contributed by atoms with E-state index in [1.807, 2.05) is 0 Å². The Hall–Kier alpha value is -1.40. The van der Waals surface area contributed by atoms with E-state index < -0.39 is 5.97 Å². The van der Waals surface area contributed by atoms with Crippen LogP contribution in [0.15, 0.2) is 12.1 Å². The second-order valence-electron chi connectivity index (χ2n) is 4.29. The Morgan fingerprint density at radius 1 is 1.50 bits per heavy atom. The van der Waals surface area contributed by atoms with E-state index >= 15 is 0 Å². The van der Waals surface area contributed by atoms with Gasteiger partial charge < -0.3 is 14.7 Å². The molecule has 0 aliphatic carbocycles. The SMILES string of the molecule is CN(C[C@H]1CCCO1)C(=O)c1ccc(C(=O)O)s1. The van der Waals surface area contributed by atoms with Gasteiger partial charge in [0.2, 0.25) is 0 Å². The van der Waals surface area contributed by atoms with Crippen molar-refractivity contribution in [3.8, 4) is 0 Å². The third-order valence-corrected chi connectivity index (χ3v) is 3.94. The molecule has 18 heavy (non-hydrogen) atoms. The number of nitrogens with zero attached hydrogens (tertiary/aromatic N) is 1. The van der Waals surface area contributed by atoms with Gasteiger partial charge in [-0.25, -0.2) is 4.79 Å². The predicted molar refractivity (Wildman–Crippen MR) is 67.2 cm³/mol. The summed E-state index contributed by atoms with van der Waals surface area (Å²) in [7, 11) is 1.71. The maximum absolute atomic E-state index is 12.1. The van der Waals surface area contributed by atoms with E-state index in [1.165, 1.54) is 6.07 Å². The summed E-state index contributed by atoms with van der Waals surface area (Å²) in [5.74, 6) is -1.15. The lowest BCUT2D eigenvalue weighted by Crippen LogP contribution is -2.33. The van der Waals surface area contributed by atoms with Crippen LogP contribution in [0.5, 0.6) is 0 Å². The number of amides is 1. The van der Waals surface area contributed by atoms with Crippen molar-refractivity contribution in [3.63, 3.8) is 0 Å². The summed E-state index contributed by atoms with van der Waals surface area (Å²) < 4.78 is 5.47. The van der Waals surface area contributed by atoms with Crippen molar-refractivity contribution in [2.75, 3.05) is 20.2 Å². The van der Waals surface area contributed by atoms with E-state index in [4.69, 9.17) is 9.84 Å². The molecule has 1 aliphatic heterocycles. The maximum Gasteiger partial charge on any atom is 0.345 e. The standard InChI is InChI=1S/C12H15NO4S/c1-13(7-8-3-2-6-17-8)11(14)9-4-5-10(18-9)12(15)16/h4-5,8H,2-3,6-7H2,1H3,(H,15,16)/t8-/m1/s1. The van der Waals surface area contributed by atoms with Crippen molar-refractivity contribution in [1.82, 2.24) is 4.90 Å². The summed E-state index contributed by atoms with van der Waals surface area (Å²) in [4.78, 5) is 25.0. The molecule has 1 aliphatic rings. The minimum atomic E-state index is -0.999. The lowest BCUT2D eigenvalue weighted by molar-refractivity contribution is 0.0590. The highest BCUT2D eigenvalue weighted by Crippen LogP contribution is 2.19. The molecule has 2 heterocycles. The van der Waals surface area contributed by atoms with Gasteiger partial charge in [0.15, 0.2) is 0 Å². The second kappa shape index (κ2) is 5.49. The average molecular weight is 269 g/mol. The van der Waals surface area contributed by atoms with Gasteiger partial charge in [0.1, 0.15) is 4.88 Å². The number of rotatable bonds is 4. The molecule has 1 atom stereocenters. The van der Waals surface area contributed by atoms with Crippen LogP contribution in [0.4, 0.5) is 0 Å². The van der Waals surface area contributed by atoms with Gasteiger partial charge in [-0.2, -0.15) is 0 Å². The zero-order chi connectivity index (χ0) is 13.1. The number of carboxylic acids is 1. The highest BCUT2D eigenvalue weighted by atomic mass is 32.1. The molecule has 1 amide bonds. The first kappa shape index (κ1) is 13.0. The van der Waals surface area contributed by atoms with Crippen molar-refractivity contribution >= 4 is 23.2 Å². The molecular formula is C12H15NO4S. The number of carboxylic acid groups (broad SMARTS) is 1.